The zero-order chi connectivity index (χ0) is 23.0. The Hall–Kier alpha value is -0.650. The van der Waals surface area contributed by atoms with E-state index in [1.807, 2.05) is 0 Å². The number of rotatable bonds is 16. The van der Waals surface area contributed by atoms with Crippen molar-refractivity contribution in [1.29, 1.82) is 0 Å². The van der Waals surface area contributed by atoms with Gasteiger partial charge in [-0.3, -0.25) is 4.79 Å². The fourth-order valence-corrected chi connectivity index (χ4v) is 5.09. The molecule has 188 valence electrons. The second-order valence-corrected chi connectivity index (χ2v) is 10.1. The van der Waals surface area contributed by atoms with Crippen LogP contribution >= 0.6 is 0 Å². The molecule has 0 aromatic rings. The second kappa shape index (κ2) is 16.9. The summed E-state index contributed by atoms with van der Waals surface area (Å²) in [5.41, 5.74) is 0. The number of ether oxygens (including phenoxy) is 4. The van der Waals surface area contributed by atoms with Crippen LogP contribution in [-0.2, 0) is 23.7 Å². The number of hydrogen-bond acceptors (Lipinski definition) is 5. The van der Waals surface area contributed by atoms with Crippen LogP contribution in [0.1, 0.15) is 110 Å². The lowest BCUT2D eigenvalue weighted by molar-refractivity contribution is -0.156. The van der Waals surface area contributed by atoms with Crippen LogP contribution in [0.25, 0.3) is 0 Å². The van der Waals surface area contributed by atoms with Crippen LogP contribution in [0.15, 0.2) is 0 Å². The van der Waals surface area contributed by atoms with Crippen LogP contribution in [0, 0.1) is 11.8 Å². The van der Waals surface area contributed by atoms with E-state index in [0.717, 1.165) is 31.6 Å². The Balaban J connectivity index is 1.52. The third kappa shape index (κ3) is 11.0. The van der Waals surface area contributed by atoms with Crippen molar-refractivity contribution in [2.45, 2.75) is 128 Å². The van der Waals surface area contributed by atoms with Gasteiger partial charge < -0.3 is 18.9 Å². The van der Waals surface area contributed by atoms with Crippen molar-refractivity contribution in [2.75, 3.05) is 26.9 Å². The number of carbonyl (C=O) groups excluding carboxylic acids is 1. The summed E-state index contributed by atoms with van der Waals surface area (Å²) < 4.78 is 23.3. The molecule has 2 aliphatic rings. The van der Waals surface area contributed by atoms with E-state index in [2.05, 4.69) is 13.8 Å². The molecule has 2 saturated carbocycles. The second-order valence-electron chi connectivity index (χ2n) is 10.1. The first-order valence-corrected chi connectivity index (χ1v) is 13.6. The third-order valence-electron chi connectivity index (χ3n) is 7.34. The Morgan fingerprint density at radius 2 is 1.41 bits per heavy atom. The quantitative estimate of drug-likeness (QED) is 0.198. The van der Waals surface area contributed by atoms with E-state index in [-0.39, 0.29) is 24.1 Å². The minimum Gasteiger partial charge on any atom is -0.465 e. The van der Waals surface area contributed by atoms with Crippen LogP contribution in [0.4, 0.5) is 0 Å². The van der Waals surface area contributed by atoms with Crippen molar-refractivity contribution in [3.8, 4) is 0 Å². The first-order valence-electron chi connectivity index (χ1n) is 13.6. The summed E-state index contributed by atoms with van der Waals surface area (Å²) in [6, 6.07) is 0. The van der Waals surface area contributed by atoms with Crippen LogP contribution < -0.4 is 0 Å². The molecule has 5 heteroatoms. The molecular weight excluding hydrogens is 404 g/mol. The van der Waals surface area contributed by atoms with Gasteiger partial charge in [-0.25, -0.2) is 0 Å². The Labute approximate surface area is 197 Å². The van der Waals surface area contributed by atoms with Gasteiger partial charge in [0.05, 0.1) is 44.1 Å². The van der Waals surface area contributed by atoms with Crippen molar-refractivity contribution in [3.63, 3.8) is 0 Å². The van der Waals surface area contributed by atoms with Crippen LogP contribution in [-0.4, -0.2) is 51.2 Å². The molecule has 0 N–H and O–H groups in total. The molecule has 3 atom stereocenters. The molecule has 0 radical (unpaired) electrons. The van der Waals surface area contributed by atoms with E-state index < -0.39 is 0 Å². The summed E-state index contributed by atoms with van der Waals surface area (Å²) in [4.78, 5) is 12.5. The molecule has 0 spiro atoms. The molecule has 0 saturated heterocycles. The fraction of sp³-hybridized carbons (Fsp3) is 0.963. The molecule has 32 heavy (non-hydrogen) atoms. The van der Waals surface area contributed by atoms with E-state index >= 15 is 0 Å². The van der Waals surface area contributed by atoms with E-state index in [4.69, 9.17) is 18.9 Å². The molecule has 0 heterocycles. The van der Waals surface area contributed by atoms with Crippen LogP contribution in [0.2, 0.25) is 0 Å². The molecule has 0 amide bonds. The lowest BCUT2D eigenvalue weighted by Crippen LogP contribution is -2.40. The zero-order valence-electron chi connectivity index (χ0n) is 21.2. The monoisotopic (exact) mass is 454 g/mol. The van der Waals surface area contributed by atoms with Gasteiger partial charge in [0.2, 0.25) is 0 Å². The molecule has 5 nitrogen and oxygen atoms in total. The van der Waals surface area contributed by atoms with Crippen LogP contribution in [0.5, 0.6) is 0 Å². The maximum absolute atomic E-state index is 12.5. The maximum Gasteiger partial charge on any atom is 0.309 e. The van der Waals surface area contributed by atoms with Crippen molar-refractivity contribution in [2.24, 2.45) is 11.8 Å². The van der Waals surface area contributed by atoms with Gasteiger partial charge in [-0.15, -0.1) is 0 Å². The first-order chi connectivity index (χ1) is 15.6. The van der Waals surface area contributed by atoms with E-state index in [9.17, 15) is 4.79 Å². The molecule has 2 fully saturated rings. The highest BCUT2D eigenvalue weighted by Crippen LogP contribution is 2.30. The van der Waals surface area contributed by atoms with Crippen molar-refractivity contribution >= 4 is 5.97 Å². The Morgan fingerprint density at radius 3 is 2.09 bits per heavy atom. The van der Waals surface area contributed by atoms with Gasteiger partial charge in [0.1, 0.15) is 0 Å². The van der Waals surface area contributed by atoms with Gasteiger partial charge in [0.15, 0.2) is 0 Å². The summed E-state index contributed by atoms with van der Waals surface area (Å²) in [5, 5.41) is 0. The van der Waals surface area contributed by atoms with Crippen LogP contribution in [0.3, 0.4) is 0 Å². The lowest BCUT2D eigenvalue weighted by atomic mass is 9.85. The van der Waals surface area contributed by atoms with Gasteiger partial charge in [0.25, 0.3) is 0 Å². The third-order valence-corrected chi connectivity index (χ3v) is 7.34. The maximum atomic E-state index is 12.5. The fourth-order valence-electron chi connectivity index (χ4n) is 5.09. The summed E-state index contributed by atoms with van der Waals surface area (Å²) in [5.74, 6) is 0.730. The summed E-state index contributed by atoms with van der Waals surface area (Å²) in [6.07, 6.45) is 17.7. The summed E-state index contributed by atoms with van der Waals surface area (Å²) >= 11 is 0. The smallest absolute Gasteiger partial charge is 0.309 e. The molecule has 2 rings (SSSR count). The molecule has 0 bridgehead atoms. The predicted octanol–water partition coefficient (Wildman–Crippen LogP) is 6.47. The van der Waals surface area contributed by atoms with E-state index in [1.165, 1.54) is 64.2 Å². The Kier molecular flexibility index (Phi) is 14.6. The number of carbonyl (C=O) groups is 1. The molecule has 0 aromatic heterocycles. The number of methoxy groups -OCH3 is 1. The Bertz CT molecular complexity index is 475. The largest absolute Gasteiger partial charge is 0.465 e. The highest BCUT2D eigenvalue weighted by Gasteiger charge is 2.35. The summed E-state index contributed by atoms with van der Waals surface area (Å²) in [7, 11) is 1.72. The molecule has 2 aliphatic carbocycles. The highest BCUT2D eigenvalue weighted by molar-refractivity contribution is 5.72. The molecule has 3 unspecified atom stereocenters. The minimum atomic E-state index is -0.0608. The number of hydrogen-bond donors (Lipinski definition) is 0. The number of unbranched alkanes of at least 4 members (excludes halogenated alkanes) is 7. The van der Waals surface area contributed by atoms with Gasteiger partial charge in [-0.05, 0) is 57.3 Å². The molecule has 0 aliphatic heterocycles. The Morgan fingerprint density at radius 1 is 0.750 bits per heavy atom. The SMILES string of the molecule is CCCCCCCCCCOC(=O)C1CCC(OCCOC2CCC(C)CC2)C(OC)C1. The van der Waals surface area contributed by atoms with Gasteiger partial charge in [-0.2, -0.15) is 0 Å². The van der Waals surface area contributed by atoms with Gasteiger partial charge >= 0.3 is 5.97 Å². The van der Waals surface area contributed by atoms with Gasteiger partial charge in [-0.1, -0.05) is 58.8 Å². The van der Waals surface area contributed by atoms with Gasteiger partial charge in [0, 0.05) is 7.11 Å². The normalized spacial score (nSPS) is 28.5. The number of esters is 1. The van der Waals surface area contributed by atoms with E-state index in [1.54, 1.807) is 7.11 Å². The van der Waals surface area contributed by atoms with E-state index in [0.29, 0.717) is 32.3 Å². The standard InChI is InChI=1S/C27H50O5/c1-4-5-6-7-8-9-10-11-18-32-27(28)23-14-17-25(26(21-23)29-3)31-20-19-30-24-15-12-22(2)13-16-24/h22-26H,4-21H2,1-3H3. The average molecular weight is 455 g/mol. The lowest BCUT2D eigenvalue weighted by Gasteiger charge is -2.34. The average Bonchev–Trinajstić information content (AvgIpc) is 2.81. The minimum absolute atomic E-state index is 0.0417. The van der Waals surface area contributed by atoms with Crippen molar-refractivity contribution < 1.29 is 23.7 Å². The summed E-state index contributed by atoms with van der Waals surface area (Å²) in [6.45, 7) is 6.38. The molecular formula is C27H50O5. The van der Waals surface area contributed by atoms with Crippen molar-refractivity contribution in [1.82, 2.24) is 0 Å². The highest BCUT2D eigenvalue weighted by atomic mass is 16.6. The molecule has 0 aromatic carbocycles. The topological polar surface area (TPSA) is 54.0 Å². The zero-order valence-corrected chi connectivity index (χ0v) is 21.2. The predicted molar refractivity (Wildman–Crippen MR) is 129 cm³/mol. The van der Waals surface area contributed by atoms with Crippen molar-refractivity contribution in [3.05, 3.63) is 0 Å². The first kappa shape index (κ1) is 27.6.